The molecule has 0 atom stereocenters. The summed E-state index contributed by atoms with van der Waals surface area (Å²) in [5, 5.41) is -0.0547. The second-order valence-corrected chi connectivity index (χ2v) is 10.0. The third-order valence-corrected chi connectivity index (χ3v) is 7.69. The van der Waals surface area contributed by atoms with Gasteiger partial charge < -0.3 is 0 Å². The molecule has 0 aliphatic rings. The van der Waals surface area contributed by atoms with Gasteiger partial charge in [-0.1, -0.05) is 35.9 Å². The zero-order valence-electron chi connectivity index (χ0n) is 14.6. The molecule has 0 aliphatic heterocycles. The van der Waals surface area contributed by atoms with E-state index in [9.17, 15) is 16.8 Å². The first-order valence-electron chi connectivity index (χ1n) is 8.29. The topological polar surface area (TPSA) is 93.2 Å². The molecule has 0 spiro atoms. The van der Waals surface area contributed by atoms with E-state index in [1.807, 2.05) is 6.07 Å². The molecule has 0 amide bonds. The number of hydrogen-bond donors (Lipinski definition) is 1. The molecule has 0 radical (unpaired) electrons. The van der Waals surface area contributed by atoms with Gasteiger partial charge in [0.1, 0.15) is 4.90 Å². The van der Waals surface area contributed by atoms with E-state index in [0.29, 0.717) is 6.42 Å². The molecule has 3 aromatic rings. The Bertz CT molecular complexity index is 1170. The molecule has 1 aromatic heterocycles. The second kappa shape index (κ2) is 8.40. The van der Waals surface area contributed by atoms with E-state index in [0.717, 1.165) is 11.6 Å². The molecular weight excluding hydrogens is 420 g/mol. The Morgan fingerprint density at radius 2 is 1.64 bits per heavy atom. The quantitative estimate of drug-likeness (QED) is 0.614. The van der Waals surface area contributed by atoms with Crippen molar-refractivity contribution >= 4 is 31.5 Å². The van der Waals surface area contributed by atoms with Crippen LogP contribution in [-0.2, 0) is 26.3 Å². The van der Waals surface area contributed by atoms with Crippen LogP contribution in [0.2, 0.25) is 5.02 Å². The maximum absolute atomic E-state index is 12.8. The lowest BCUT2D eigenvalue weighted by atomic mass is 10.2. The molecule has 0 unspecified atom stereocenters. The molecule has 6 nitrogen and oxygen atoms in total. The molecule has 0 aliphatic carbocycles. The number of rotatable bonds is 7. The first kappa shape index (κ1) is 20.5. The number of pyridine rings is 1. The summed E-state index contributed by atoms with van der Waals surface area (Å²) in [5.41, 5.74) is 0.872. The van der Waals surface area contributed by atoms with Gasteiger partial charge in [-0.15, -0.1) is 0 Å². The summed E-state index contributed by atoms with van der Waals surface area (Å²) in [6.45, 7) is 0.125. The van der Waals surface area contributed by atoms with E-state index in [1.54, 1.807) is 36.7 Å². The van der Waals surface area contributed by atoms with Crippen molar-refractivity contribution in [3.8, 4) is 0 Å². The zero-order chi connectivity index (χ0) is 20.2. The predicted octanol–water partition coefficient (Wildman–Crippen LogP) is 3.09. The summed E-state index contributed by atoms with van der Waals surface area (Å²) in [6, 6.07) is 15.0. The van der Waals surface area contributed by atoms with Crippen LogP contribution in [0.1, 0.15) is 5.56 Å². The van der Waals surface area contributed by atoms with Crippen molar-refractivity contribution in [2.75, 3.05) is 6.54 Å². The molecule has 0 fully saturated rings. The molecular formula is C19H17ClN2O4S2. The SMILES string of the molecule is O=S(=O)(NCCc1cccnc1)c1cc(S(=O)(=O)c2ccccc2)ccc1Cl. The fourth-order valence-corrected chi connectivity index (χ4v) is 5.48. The van der Waals surface area contributed by atoms with Crippen molar-refractivity contribution in [2.45, 2.75) is 21.1 Å². The van der Waals surface area contributed by atoms with Gasteiger partial charge in [0, 0.05) is 18.9 Å². The van der Waals surface area contributed by atoms with E-state index in [-0.39, 0.29) is 26.3 Å². The highest BCUT2D eigenvalue weighted by Gasteiger charge is 2.23. The molecule has 9 heteroatoms. The summed E-state index contributed by atoms with van der Waals surface area (Å²) in [6.07, 6.45) is 3.72. The summed E-state index contributed by atoms with van der Waals surface area (Å²) >= 11 is 6.05. The molecule has 0 bridgehead atoms. The number of nitrogens with zero attached hydrogens (tertiary/aromatic N) is 1. The minimum atomic E-state index is -3.99. The number of hydrogen-bond acceptors (Lipinski definition) is 5. The molecule has 28 heavy (non-hydrogen) atoms. The fraction of sp³-hybridized carbons (Fsp3) is 0.105. The van der Waals surface area contributed by atoms with Crippen LogP contribution < -0.4 is 4.72 Å². The molecule has 1 heterocycles. The highest BCUT2D eigenvalue weighted by molar-refractivity contribution is 7.91. The van der Waals surface area contributed by atoms with Crippen LogP contribution in [0.25, 0.3) is 0 Å². The normalized spacial score (nSPS) is 12.0. The largest absolute Gasteiger partial charge is 0.264 e. The number of aromatic nitrogens is 1. The molecule has 3 rings (SSSR count). The Morgan fingerprint density at radius 3 is 2.32 bits per heavy atom. The minimum absolute atomic E-state index is 0.0547. The first-order valence-corrected chi connectivity index (χ1v) is 11.6. The Balaban J connectivity index is 1.86. The maximum atomic E-state index is 12.8. The monoisotopic (exact) mass is 436 g/mol. The third-order valence-electron chi connectivity index (χ3n) is 3.98. The number of halogens is 1. The van der Waals surface area contributed by atoms with Crippen LogP contribution >= 0.6 is 11.6 Å². The van der Waals surface area contributed by atoms with Gasteiger partial charge in [-0.2, -0.15) is 0 Å². The van der Waals surface area contributed by atoms with Crippen molar-refractivity contribution in [3.63, 3.8) is 0 Å². The van der Waals surface area contributed by atoms with Crippen molar-refractivity contribution in [3.05, 3.63) is 83.6 Å². The predicted molar refractivity (Wildman–Crippen MR) is 106 cm³/mol. The van der Waals surface area contributed by atoms with Gasteiger partial charge in [0.25, 0.3) is 0 Å². The number of sulfonamides is 1. The first-order chi connectivity index (χ1) is 13.3. The average Bonchev–Trinajstić information content (AvgIpc) is 2.69. The smallest absolute Gasteiger partial charge is 0.242 e. The van der Waals surface area contributed by atoms with Gasteiger partial charge in [-0.3, -0.25) is 4.98 Å². The lowest BCUT2D eigenvalue weighted by molar-refractivity contribution is 0.581. The lowest BCUT2D eigenvalue weighted by Crippen LogP contribution is -2.26. The van der Waals surface area contributed by atoms with E-state index in [1.165, 1.54) is 24.3 Å². The number of nitrogens with one attached hydrogen (secondary N) is 1. The van der Waals surface area contributed by atoms with Crippen molar-refractivity contribution in [2.24, 2.45) is 0 Å². The van der Waals surface area contributed by atoms with Crippen LogP contribution in [0.15, 0.2) is 87.7 Å². The molecule has 1 N–H and O–H groups in total. The Kier molecular flexibility index (Phi) is 6.14. The molecule has 146 valence electrons. The van der Waals surface area contributed by atoms with E-state index >= 15 is 0 Å². The second-order valence-electron chi connectivity index (χ2n) is 5.92. The molecule has 0 saturated carbocycles. The third kappa shape index (κ3) is 4.59. The van der Waals surface area contributed by atoms with Crippen molar-refractivity contribution < 1.29 is 16.8 Å². The van der Waals surface area contributed by atoms with Crippen LogP contribution in [0.5, 0.6) is 0 Å². The maximum Gasteiger partial charge on any atom is 0.242 e. The Labute approximate surface area is 169 Å². The fourth-order valence-electron chi connectivity index (χ4n) is 2.55. The number of sulfone groups is 1. The van der Waals surface area contributed by atoms with Gasteiger partial charge in [-0.25, -0.2) is 21.6 Å². The van der Waals surface area contributed by atoms with Crippen LogP contribution in [0.4, 0.5) is 0 Å². The summed E-state index contributed by atoms with van der Waals surface area (Å²) in [4.78, 5) is 3.63. The summed E-state index contributed by atoms with van der Waals surface area (Å²) < 4.78 is 53.3. The van der Waals surface area contributed by atoms with Crippen LogP contribution in [0.3, 0.4) is 0 Å². The van der Waals surface area contributed by atoms with E-state index in [2.05, 4.69) is 9.71 Å². The Hall–Kier alpha value is -2.26. The lowest BCUT2D eigenvalue weighted by Gasteiger charge is -2.11. The average molecular weight is 437 g/mol. The van der Waals surface area contributed by atoms with Crippen molar-refractivity contribution in [1.82, 2.24) is 9.71 Å². The van der Waals surface area contributed by atoms with Gasteiger partial charge in [0.05, 0.1) is 14.8 Å². The zero-order valence-corrected chi connectivity index (χ0v) is 17.0. The van der Waals surface area contributed by atoms with Gasteiger partial charge >= 0.3 is 0 Å². The Morgan fingerprint density at radius 1 is 0.893 bits per heavy atom. The number of benzene rings is 2. The van der Waals surface area contributed by atoms with E-state index < -0.39 is 19.9 Å². The van der Waals surface area contributed by atoms with Gasteiger partial charge in [0.2, 0.25) is 19.9 Å². The van der Waals surface area contributed by atoms with Gasteiger partial charge in [-0.05, 0) is 48.4 Å². The molecule has 2 aromatic carbocycles. The minimum Gasteiger partial charge on any atom is -0.264 e. The van der Waals surface area contributed by atoms with Crippen LogP contribution in [0, 0.1) is 0 Å². The van der Waals surface area contributed by atoms with E-state index in [4.69, 9.17) is 11.6 Å². The summed E-state index contributed by atoms with van der Waals surface area (Å²) in [5.74, 6) is 0. The van der Waals surface area contributed by atoms with Crippen LogP contribution in [-0.4, -0.2) is 28.4 Å². The highest BCUT2D eigenvalue weighted by atomic mass is 35.5. The summed E-state index contributed by atoms with van der Waals surface area (Å²) in [7, 11) is -7.85. The van der Waals surface area contributed by atoms with Crippen molar-refractivity contribution in [1.29, 1.82) is 0 Å². The molecule has 0 saturated heterocycles. The van der Waals surface area contributed by atoms with Gasteiger partial charge in [0.15, 0.2) is 0 Å². The highest BCUT2D eigenvalue weighted by Crippen LogP contribution is 2.28. The standard InChI is InChI=1S/C19H17ClN2O4S2/c20-18-9-8-17(27(23,24)16-6-2-1-3-7-16)13-19(18)28(25,26)22-12-10-15-5-4-11-21-14-15/h1-9,11,13-14,22H,10,12H2.